The lowest BCUT2D eigenvalue weighted by atomic mass is 9.86. The first-order chi connectivity index (χ1) is 14.0. The van der Waals surface area contributed by atoms with Gasteiger partial charge in [-0.15, -0.1) is 0 Å². The molecule has 1 saturated carbocycles. The molecule has 0 radical (unpaired) electrons. The number of fused-ring (bicyclic) bond motifs is 1. The second-order valence-electron chi connectivity index (χ2n) is 7.64. The van der Waals surface area contributed by atoms with Crippen molar-refractivity contribution in [1.29, 1.82) is 0 Å². The summed E-state index contributed by atoms with van der Waals surface area (Å²) >= 11 is 1.28. The van der Waals surface area contributed by atoms with Crippen LogP contribution in [0.4, 0.5) is 10.1 Å². The number of thioether (sulfide) groups is 1. The van der Waals surface area contributed by atoms with E-state index in [9.17, 15) is 14.0 Å². The van der Waals surface area contributed by atoms with Crippen LogP contribution in [0.2, 0.25) is 0 Å². The van der Waals surface area contributed by atoms with Crippen LogP contribution in [0.3, 0.4) is 0 Å². The Balaban J connectivity index is 1.52. The molecular weight excluding hydrogens is 387 g/mol. The molecule has 2 aromatic rings. The number of halogens is 1. The highest BCUT2D eigenvalue weighted by Crippen LogP contribution is 2.39. The van der Waals surface area contributed by atoms with Crippen molar-refractivity contribution in [3.63, 3.8) is 0 Å². The normalized spacial score (nSPS) is 22.7. The lowest BCUT2D eigenvalue weighted by Gasteiger charge is -2.29. The average molecular weight is 411 g/mol. The van der Waals surface area contributed by atoms with E-state index in [4.69, 9.17) is 0 Å². The first-order valence-corrected chi connectivity index (χ1v) is 10.7. The molecular formula is C23H23FN2O2S. The van der Waals surface area contributed by atoms with Crippen molar-refractivity contribution in [1.82, 2.24) is 5.32 Å². The van der Waals surface area contributed by atoms with Gasteiger partial charge in [0.1, 0.15) is 5.82 Å². The molecule has 1 aliphatic carbocycles. The summed E-state index contributed by atoms with van der Waals surface area (Å²) < 4.78 is 13.9. The van der Waals surface area contributed by atoms with E-state index in [1.54, 1.807) is 36.4 Å². The van der Waals surface area contributed by atoms with Crippen LogP contribution in [0.15, 0.2) is 52.3 Å². The van der Waals surface area contributed by atoms with Crippen LogP contribution in [0.25, 0.3) is 6.08 Å². The number of amides is 2. The quantitative estimate of drug-likeness (QED) is 0.682. The SMILES string of the molecule is CC1CCCCC1NC(=O)c1ccc2c(c1)NC(=O)C(=Cc1ccccc1F)S2. The second-order valence-corrected chi connectivity index (χ2v) is 8.72. The van der Waals surface area contributed by atoms with Crippen LogP contribution in [-0.4, -0.2) is 17.9 Å². The summed E-state index contributed by atoms with van der Waals surface area (Å²) in [7, 11) is 0. The Morgan fingerprint density at radius 1 is 1.21 bits per heavy atom. The Morgan fingerprint density at radius 3 is 2.79 bits per heavy atom. The number of benzene rings is 2. The van der Waals surface area contributed by atoms with E-state index in [0.29, 0.717) is 27.6 Å². The Labute approximate surface area is 174 Å². The summed E-state index contributed by atoms with van der Waals surface area (Å²) in [5, 5.41) is 5.97. The van der Waals surface area contributed by atoms with Crippen LogP contribution in [-0.2, 0) is 4.79 Å². The van der Waals surface area contributed by atoms with Gasteiger partial charge in [-0.1, -0.05) is 49.7 Å². The molecule has 0 saturated heterocycles. The highest BCUT2D eigenvalue weighted by atomic mass is 32.2. The summed E-state index contributed by atoms with van der Waals surface area (Å²) in [5.74, 6) is -0.308. The van der Waals surface area contributed by atoms with Gasteiger partial charge in [0, 0.05) is 22.1 Å². The van der Waals surface area contributed by atoms with Gasteiger partial charge in [-0.2, -0.15) is 0 Å². The van der Waals surface area contributed by atoms with Crippen molar-refractivity contribution >= 4 is 35.3 Å². The van der Waals surface area contributed by atoms with Crippen LogP contribution < -0.4 is 10.6 Å². The maximum atomic E-state index is 13.9. The Kier molecular flexibility index (Phi) is 5.72. The van der Waals surface area contributed by atoms with Gasteiger partial charge >= 0.3 is 0 Å². The van der Waals surface area contributed by atoms with Crippen LogP contribution in [0, 0.1) is 11.7 Å². The van der Waals surface area contributed by atoms with Gasteiger partial charge in [0.25, 0.3) is 11.8 Å². The van der Waals surface area contributed by atoms with E-state index in [-0.39, 0.29) is 23.7 Å². The first-order valence-electron chi connectivity index (χ1n) is 9.91. The molecule has 4 nitrogen and oxygen atoms in total. The zero-order chi connectivity index (χ0) is 20.4. The molecule has 1 fully saturated rings. The van der Waals surface area contributed by atoms with Gasteiger partial charge in [-0.05, 0) is 49.1 Å². The highest BCUT2D eigenvalue weighted by molar-refractivity contribution is 8.04. The van der Waals surface area contributed by atoms with Gasteiger partial charge in [-0.3, -0.25) is 9.59 Å². The third kappa shape index (κ3) is 4.37. The maximum Gasteiger partial charge on any atom is 0.262 e. The molecule has 1 heterocycles. The number of hydrogen-bond donors (Lipinski definition) is 2. The van der Waals surface area contributed by atoms with Crippen molar-refractivity contribution in [2.75, 3.05) is 5.32 Å². The summed E-state index contributed by atoms with van der Waals surface area (Å²) in [6, 6.07) is 11.8. The van der Waals surface area contributed by atoms with Gasteiger partial charge in [0.2, 0.25) is 0 Å². The van der Waals surface area contributed by atoms with Gasteiger partial charge in [-0.25, -0.2) is 4.39 Å². The molecule has 29 heavy (non-hydrogen) atoms. The number of anilines is 1. The number of nitrogens with one attached hydrogen (secondary N) is 2. The predicted octanol–water partition coefficient (Wildman–Crippen LogP) is 5.22. The number of carbonyl (C=O) groups is 2. The maximum absolute atomic E-state index is 13.9. The van der Waals surface area contributed by atoms with Crippen molar-refractivity contribution in [3.05, 3.63) is 64.3 Å². The molecule has 2 aromatic carbocycles. The zero-order valence-electron chi connectivity index (χ0n) is 16.2. The number of rotatable bonds is 3. The van der Waals surface area contributed by atoms with E-state index >= 15 is 0 Å². The van der Waals surface area contributed by atoms with Crippen LogP contribution in [0.5, 0.6) is 0 Å². The van der Waals surface area contributed by atoms with E-state index in [0.717, 1.165) is 24.2 Å². The minimum absolute atomic E-state index is 0.113. The van der Waals surface area contributed by atoms with Gasteiger partial charge in [0.15, 0.2) is 0 Å². The number of hydrogen-bond acceptors (Lipinski definition) is 3. The van der Waals surface area contributed by atoms with Gasteiger partial charge in [0.05, 0.1) is 10.6 Å². The standard InChI is InChI=1S/C23H23FN2O2S/c1-14-6-2-5-9-18(14)25-22(27)16-10-11-20-19(12-16)26-23(28)21(29-20)13-15-7-3-4-8-17(15)24/h3-4,7-8,10-14,18H,2,5-6,9H2,1H3,(H,25,27)(H,26,28). The Morgan fingerprint density at radius 2 is 2.00 bits per heavy atom. The molecule has 2 amide bonds. The fourth-order valence-corrected chi connectivity index (χ4v) is 4.74. The predicted molar refractivity (Wildman–Crippen MR) is 114 cm³/mol. The lowest BCUT2D eigenvalue weighted by molar-refractivity contribution is -0.112. The zero-order valence-corrected chi connectivity index (χ0v) is 17.0. The van der Waals surface area contributed by atoms with E-state index < -0.39 is 0 Å². The first kappa shape index (κ1) is 19.7. The lowest BCUT2D eigenvalue weighted by Crippen LogP contribution is -2.41. The average Bonchev–Trinajstić information content (AvgIpc) is 2.71. The molecule has 1 aliphatic heterocycles. The monoisotopic (exact) mass is 410 g/mol. The summed E-state index contributed by atoms with van der Waals surface area (Å²) in [5.41, 5.74) is 1.50. The van der Waals surface area contributed by atoms with Gasteiger partial charge < -0.3 is 10.6 Å². The van der Waals surface area contributed by atoms with E-state index in [2.05, 4.69) is 17.6 Å². The van der Waals surface area contributed by atoms with Crippen LogP contribution >= 0.6 is 11.8 Å². The largest absolute Gasteiger partial charge is 0.349 e. The third-order valence-corrected chi connectivity index (χ3v) is 6.65. The second kappa shape index (κ2) is 8.41. The molecule has 6 heteroatoms. The number of carbonyl (C=O) groups excluding carboxylic acids is 2. The molecule has 150 valence electrons. The topological polar surface area (TPSA) is 58.2 Å². The van der Waals surface area contributed by atoms with Crippen molar-refractivity contribution in [3.8, 4) is 0 Å². The van der Waals surface area contributed by atoms with Crippen molar-refractivity contribution in [2.24, 2.45) is 5.92 Å². The molecule has 2 unspecified atom stereocenters. The van der Waals surface area contributed by atoms with Crippen LogP contribution in [0.1, 0.15) is 48.5 Å². The minimum Gasteiger partial charge on any atom is -0.349 e. The Hall–Kier alpha value is -2.60. The molecule has 4 rings (SSSR count). The molecule has 0 bridgehead atoms. The summed E-state index contributed by atoms with van der Waals surface area (Å²) in [6.07, 6.45) is 6.05. The fraction of sp³-hybridized carbons (Fsp3) is 0.304. The van der Waals surface area contributed by atoms with Crippen molar-refractivity contribution in [2.45, 2.75) is 43.5 Å². The smallest absolute Gasteiger partial charge is 0.262 e. The molecule has 2 N–H and O–H groups in total. The third-order valence-electron chi connectivity index (χ3n) is 5.55. The Bertz CT molecular complexity index is 989. The fourth-order valence-electron chi connectivity index (χ4n) is 3.82. The van der Waals surface area contributed by atoms with Crippen molar-refractivity contribution < 1.29 is 14.0 Å². The summed E-state index contributed by atoms with van der Waals surface area (Å²) in [4.78, 5) is 26.4. The minimum atomic E-state index is -0.372. The molecule has 0 aromatic heterocycles. The molecule has 0 spiro atoms. The van der Waals surface area contributed by atoms with E-state index in [1.807, 2.05) is 6.07 Å². The summed E-state index contributed by atoms with van der Waals surface area (Å²) in [6.45, 7) is 2.18. The molecule has 2 atom stereocenters. The van der Waals surface area contributed by atoms with E-state index in [1.165, 1.54) is 24.2 Å². The highest BCUT2D eigenvalue weighted by Gasteiger charge is 2.25. The molecule has 2 aliphatic rings.